The van der Waals surface area contributed by atoms with Crippen LogP contribution in [-0.4, -0.2) is 18.5 Å². The lowest BCUT2D eigenvalue weighted by Crippen LogP contribution is -2.30. The minimum Gasteiger partial charge on any atom is -0.356 e. The van der Waals surface area contributed by atoms with Gasteiger partial charge in [-0.15, -0.1) is 0 Å². The Bertz CT molecular complexity index is 456. The van der Waals surface area contributed by atoms with Gasteiger partial charge < -0.3 is 11.1 Å². The largest absolute Gasteiger partial charge is 0.356 e. The quantitative estimate of drug-likeness (QED) is 0.857. The fourth-order valence-corrected chi connectivity index (χ4v) is 2.22. The molecule has 0 aromatic heterocycles. The van der Waals surface area contributed by atoms with E-state index in [4.69, 9.17) is 5.73 Å². The lowest BCUT2D eigenvalue weighted by Gasteiger charge is -2.07. The van der Waals surface area contributed by atoms with Crippen LogP contribution in [0.5, 0.6) is 0 Å². The number of benzene rings is 1. The van der Waals surface area contributed by atoms with Gasteiger partial charge in [0.05, 0.1) is 0 Å². The summed E-state index contributed by atoms with van der Waals surface area (Å²) in [5.74, 6) is -1.95. The predicted molar refractivity (Wildman–Crippen MR) is 68.5 cm³/mol. The molecule has 1 fully saturated rings. The lowest BCUT2D eigenvalue weighted by molar-refractivity contribution is -0.122. The molecule has 19 heavy (non-hydrogen) atoms. The van der Waals surface area contributed by atoms with E-state index in [1.807, 2.05) is 6.92 Å². The average molecular weight is 268 g/mol. The molecule has 1 aromatic carbocycles. The molecule has 1 aliphatic rings. The molecule has 0 heterocycles. The van der Waals surface area contributed by atoms with E-state index in [2.05, 4.69) is 5.32 Å². The van der Waals surface area contributed by atoms with Crippen molar-refractivity contribution in [2.45, 2.75) is 31.7 Å². The summed E-state index contributed by atoms with van der Waals surface area (Å²) in [4.78, 5) is 11.8. The van der Waals surface area contributed by atoms with Crippen LogP contribution in [0.3, 0.4) is 0 Å². The standard InChI is InChI=1S/C14H18F2N2O/c1-8(17)5-6-18-14(19)10-7-9(10)13-11(15)3-2-4-12(13)16/h2-4,8-10H,5-7,17H2,1H3,(H,18,19). The summed E-state index contributed by atoms with van der Waals surface area (Å²) in [6, 6.07) is 3.80. The molecular formula is C14H18F2N2O. The molecule has 5 heteroatoms. The molecule has 2 rings (SSSR count). The highest BCUT2D eigenvalue weighted by Gasteiger charge is 2.46. The molecule has 1 aliphatic carbocycles. The van der Waals surface area contributed by atoms with E-state index in [1.165, 1.54) is 18.2 Å². The molecule has 0 saturated heterocycles. The summed E-state index contributed by atoms with van der Waals surface area (Å²) >= 11 is 0. The van der Waals surface area contributed by atoms with Gasteiger partial charge in [0.1, 0.15) is 11.6 Å². The normalized spacial score (nSPS) is 22.9. The number of halogens is 2. The lowest BCUT2D eigenvalue weighted by atomic mass is 10.1. The van der Waals surface area contributed by atoms with Crippen LogP contribution in [0.1, 0.15) is 31.2 Å². The van der Waals surface area contributed by atoms with Gasteiger partial charge in [0.15, 0.2) is 0 Å². The van der Waals surface area contributed by atoms with Crippen LogP contribution >= 0.6 is 0 Å². The highest BCUT2D eigenvalue weighted by atomic mass is 19.1. The van der Waals surface area contributed by atoms with Crippen LogP contribution in [-0.2, 0) is 4.79 Å². The molecule has 1 amide bonds. The first-order valence-electron chi connectivity index (χ1n) is 6.48. The fraction of sp³-hybridized carbons (Fsp3) is 0.500. The van der Waals surface area contributed by atoms with Gasteiger partial charge in [-0.1, -0.05) is 6.07 Å². The fourth-order valence-electron chi connectivity index (χ4n) is 2.22. The summed E-state index contributed by atoms with van der Waals surface area (Å²) in [7, 11) is 0. The van der Waals surface area contributed by atoms with E-state index in [0.717, 1.165) is 0 Å². The maximum Gasteiger partial charge on any atom is 0.223 e. The molecular weight excluding hydrogens is 250 g/mol. The van der Waals surface area contributed by atoms with Crippen molar-refractivity contribution in [3.8, 4) is 0 Å². The smallest absolute Gasteiger partial charge is 0.223 e. The third kappa shape index (κ3) is 3.29. The van der Waals surface area contributed by atoms with E-state index in [-0.39, 0.29) is 29.3 Å². The number of nitrogens with one attached hydrogen (secondary N) is 1. The molecule has 3 nitrogen and oxygen atoms in total. The number of amides is 1. The van der Waals surface area contributed by atoms with Crippen molar-refractivity contribution >= 4 is 5.91 Å². The molecule has 0 bridgehead atoms. The number of carbonyl (C=O) groups excluding carboxylic acids is 1. The monoisotopic (exact) mass is 268 g/mol. The molecule has 3 unspecified atom stereocenters. The van der Waals surface area contributed by atoms with Crippen molar-refractivity contribution in [2.75, 3.05) is 6.54 Å². The number of hydrogen-bond donors (Lipinski definition) is 2. The van der Waals surface area contributed by atoms with E-state index in [9.17, 15) is 13.6 Å². The van der Waals surface area contributed by atoms with Crippen LogP contribution in [0.25, 0.3) is 0 Å². The van der Waals surface area contributed by atoms with Crippen LogP contribution in [0.4, 0.5) is 8.78 Å². The predicted octanol–water partition coefficient (Wildman–Crippen LogP) is 1.92. The Kier molecular flexibility index (Phi) is 4.14. The Labute approximate surface area is 111 Å². The summed E-state index contributed by atoms with van der Waals surface area (Å²) in [5.41, 5.74) is 5.61. The molecule has 0 aliphatic heterocycles. The first-order valence-corrected chi connectivity index (χ1v) is 6.48. The van der Waals surface area contributed by atoms with Gasteiger partial charge in [0.2, 0.25) is 5.91 Å². The molecule has 1 saturated carbocycles. The molecule has 3 atom stereocenters. The highest BCUT2D eigenvalue weighted by Crippen LogP contribution is 2.49. The number of nitrogens with two attached hydrogens (primary N) is 1. The molecule has 0 radical (unpaired) electrons. The summed E-state index contributed by atoms with van der Waals surface area (Å²) in [6.45, 7) is 2.36. The zero-order valence-corrected chi connectivity index (χ0v) is 10.8. The first kappa shape index (κ1) is 13.9. The molecule has 3 N–H and O–H groups in total. The maximum absolute atomic E-state index is 13.5. The van der Waals surface area contributed by atoms with Crippen molar-refractivity contribution in [3.05, 3.63) is 35.4 Å². The van der Waals surface area contributed by atoms with Gasteiger partial charge in [0, 0.05) is 30.0 Å². The van der Waals surface area contributed by atoms with Crippen molar-refractivity contribution in [2.24, 2.45) is 11.7 Å². The minimum atomic E-state index is -0.573. The summed E-state index contributed by atoms with van der Waals surface area (Å²) in [5, 5.41) is 2.75. The highest BCUT2D eigenvalue weighted by molar-refractivity contribution is 5.82. The maximum atomic E-state index is 13.5. The van der Waals surface area contributed by atoms with Crippen LogP contribution in [0, 0.1) is 17.6 Å². The van der Waals surface area contributed by atoms with Crippen molar-refractivity contribution < 1.29 is 13.6 Å². The van der Waals surface area contributed by atoms with E-state index < -0.39 is 11.6 Å². The van der Waals surface area contributed by atoms with Crippen molar-refractivity contribution in [1.29, 1.82) is 0 Å². The van der Waals surface area contributed by atoms with Gasteiger partial charge in [-0.2, -0.15) is 0 Å². The third-order valence-corrected chi connectivity index (χ3v) is 3.40. The Morgan fingerprint density at radius 2 is 2.11 bits per heavy atom. The van der Waals surface area contributed by atoms with E-state index in [1.54, 1.807) is 0 Å². The zero-order chi connectivity index (χ0) is 14.0. The van der Waals surface area contributed by atoms with E-state index >= 15 is 0 Å². The Balaban J connectivity index is 1.92. The SMILES string of the molecule is CC(N)CCNC(=O)C1CC1c1c(F)cccc1F. The van der Waals surface area contributed by atoms with Crippen LogP contribution in [0.2, 0.25) is 0 Å². The summed E-state index contributed by atoms with van der Waals surface area (Å²) in [6.07, 6.45) is 1.19. The van der Waals surface area contributed by atoms with Gasteiger partial charge in [-0.05, 0) is 31.9 Å². The first-order chi connectivity index (χ1) is 9.00. The third-order valence-electron chi connectivity index (χ3n) is 3.40. The Morgan fingerprint density at radius 3 is 2.68 bits per heavy atom. The van der Waals surface area contributed by atoms with Crippen molar-refractivity contribution in [1.82, 2.24) is 5.32 Å². The van der Waals surface area contributed by atoms with Crippen LogP contribution in [0.15, 0.2) is 18.2 Å². The minimum absolute atomic E-state index is 0.0271. The average Bonchev–Trinajstić information content (AvgIpc) is 3.08. The van der Waals surface area contributed by atoms with Gasteiger partial charge in [0.25, 0.3) is 0 Å². The van der Waals surface area contributed by atoms with Gasteiger partial charge in [-0.3, -0.25) is 4.79 Å². The second kappa shape index (κ2) is 5.65. The topological polar surface area (TPSA) is 55.1 Å². The molecule has 104 valence electrons. The zero-order valence-electron chi connectivity index (χ0n) is 10.8. The van der Waals surface area contributed by atoms with Gasteiger partial charge in [-0.25, -0.2) is 8.78 Å². The molecule has 0 spiro atoms. The number of carbonyl (C=O) groups is 1. The van der Waals surface area contributed by atoms with Crippen LogP contribution < -0.4 is 11.1 Å². The van der Waals surface area contributed by atoms with E-state index in [0.29, 0.717) is 19.4 Å². The van der Waals surface area contributed by atoms with Crippen molar-refractivity contribution in [3.63, 3.8) is 0 Å². The number of rotatable bonds is 5. The molecule has 1 aromatic rings. The second-order valence-corrected chi connectivity index (χ2v) is 5.14. The Morgan fingerprint density at radius 1 is 1.47 bits per heavy atom. The Hall–Kier alpha value is -1.49. The second-order valence-electron chi connectivity index (χ2n) is 5.14. The van der Waals surface area contributed by atoms with Gasteiger partial charge >= 0.3 is 0 Å². The number of hydrogen-bond acceptors (Lipinski definition) is 2. The summed E-state index contributed by atoms with van der Waals surface area (Å²) < 4.78 is 27.1.